The lowest BCUT2D eigenvalue weighted by atomic mass is 10.1. The van der Waals surface area contributed by atoms with Gasteiger partial charge in [-0.2, -0.15) is 0 Å². The fourth-order valence-corrected chi connectivity index (χ4v) is 2.49. The average Bonchev–Trinajstić information content (AvgIpc) is 2.93. The Hall–Kier alpha value is -1.37. The molecule has 1 aromatic rings. The van der Waals surface area contributed by atoms with Gasteiger partial charge in [-0.25, -0.2) is 0 Å². The standard InChI is InChI=1S/C14H23N3O3/c1-10(2)16-14(18)12-9-19-7-5-17(12)11(8-15)13-4-3-6-20-13/h3-4,6,10-12H,5,7-9,15H2,1-2H3,(H,16,18). The fraction of sp³-hybridized carbons (Fsp3) is 0.643. The molecule has 2 unspecified atom stereocenters. The summed E-state index contributed by atoms with van der Waals surface area (Å²) in [5.74, 6) is 0.765. The predicted molar refractivity (Wildman–Crippen MR) is 75.1 cm³/mol. The van der Waals surface area contributed by atoms with Gasteiger partial charge < -0.3 is 20.2 Å². The highest BCUT2D eigenvalue weighted by atomic mass is 16.5. The second-order valence-electron chi connectivity index (χ2n) is 5.26. The van der Waals surface area contributed by atoms with Crippen LogP contribution in [-0.4, -0.2) is 49.2 Å². The van der Waals surface area contributed by atoms with Crippen LogP contribution in [0.25, 0.3) is 0 Å². The Morgan fingerprint density at radius 3 is 3.00 bits per heavy atom. The lowest BCUT2D eigenvalue weighted by Gasteiger charge is -2.39. The average molecular weight is 281 g/mol. The molecule has 112 valence electrons. The molecule has 0 saturated carbocycles. The zero-order valence-electron chi connectivity index (χ0n) is 12.0. The minimum absolute atomic E-state index is 0.0234. The van der Waals surface area contributed by atoms with E-state index in [1.165, 1.54) is 0 Å². The van der Waals surface area contributed by atoms with Crippen LogP contribution in [0.4, 0.5) is 0 Å². The summed E-state index contributed by atoms with van der Waals surface area (Å²) in [6, 6.07) is 3.40. The highest BCUT2D eigenvalue weighted by Crippen LogP contribution is 2.24. The number of ether oxygens (including phenoxy) is 1. The number of rotatable bonds is 5. The van der Waals surface area contributed by atoms with Gasteiger partial charge in [0.2, 0.25) is 5.91 Å². The van der Waals surface area contributed by atoms with Crippen molar-refractivity contribution >= 4 is 5.91 Å². The number of carbonyl (C=O) groups excluding carboxylic acids is 1. The number of morpholine rings is 1. The molecule has 2 heterocycles. The van der Waals surface area contributed by atoms with Gasteiger partial charge in [-0.1, -0.05) is 0 Å². The molecule has 0 spiro atoms. The first-order valence-electron chi connectivity index (χ1n) is 7.00. The van der Waals surface area contributed by atoms with Crippen molar-refractivity contribution in [3.63, 3.8) is 0 Å². The van der Waals surface area contributed by atoms with Crippen molar-refractivity contribution in [3.8, 4) is 0 Å². The summed E-state index contributed by atoms with van der Waals surface area (Å²) in [7, 11) is 0. The maximum absolute atomic E-state index is 12.3. The largest absolute Gasteiger partial charge is 0.468 e. The summed E-state index contributed by atoms with van der Waals surface area (Å²) in [6.07, 6.45) is 1.63. The van der Waals surface area contributed by atoms with Gasteiger partial charge in [-0.15, -0.1) is 0 Å². The zero-order valence-corrected chi connectivity index (χ0v) is 12.0. The smallest absolute Gasteiger partial charge is 0.239 e. The van der Waals surface area contributed by atoms with E-state index in [-0.39, 0.29) is 24.0 Å². The van der Waals surface area contributed by atoms with Gasteiger partial charge in [0.25, 0.3) is 0 Å². The van der Waals surface area contributed by atoms with E-state index in [4.69, 9.17) is 14.9 Å². The molecule has 3 N–H and O–H groups in total. The van der Waals surface area contributed by atoms with Crippen molar-refractivity contribution in [2.45, 2.75) is 32.0 Å². The van der Waals surface area contributed by atoms with Crippen LogP contribution in [0.5, 0.6) is 0 Å². The second-order valence-corrected chi connectivity index (χ2v) is 5.26. The molecule has 1 aromatic heterocycles. The molecule has 1 saturated heterocycles. The van der Waals surface area contributed by atoms with E-state index < -0.39 is 0 Å². The normalized spacial score (nSPS) is 21.9. The van der Waals surface area contributed by atoms with Crippen LogP contribution in [0.2, 0.25) is 0 Å². The van der Waals surface area contributed by atoms with Crippen molar-refractivity contribution in [1.82, 2.24) is 10.2 Å². The molecule has 1 aliphatic heterocycles. The Kier molecular flexibility index (Phi) is 5.17. The molecule has 2 atom stereocenters. The minimum Gasteiger partial charge on any atom is -0.468 e. The van der Waals surface area contributed by atoms with Crippen molar-refractivity contribution in [1.29, 1.82) is 0 Å². The molecule has 1 amide bonds. The van der Waals surface area contributed by atoms with E-state index in [0.717, 1.165) is 5.76 Å². The van der Waals surface area contributed by atoms with E-state index in [0.29, 0.717) is 26.3 Å². The summed E-state index contributed by atoms with van der Waals surface area (Å²) >= 11 is 0. The van der Waals surface area contributed by atoms with E-state index >= 15 is 0 Å². The summed E-state index contributed by atoms with van der Waals surface area (Å²) in [5, 5.41) is 2.93. The quantitative estimate of drug-likeness (QED) is 0.821. The number of hydrogen-bond donors (Lipinski definition) is 2. The molecule has 0 aromatic carbocycles. The van der Waals surface area contributed by atoms with Crippen LogP contribution >= 0.6 is 0 Å². The maximum atomic E-state index is 12.3. The molecule has 1 fully saturated rings. The molecule has 6 heteroatoms. The van der Waals surface area contributed by atoms with Crippen LogP contribution in [0.15, 0.2) is 22.8 Å². The zero-order chi connectivity index (χ0) is 14.5. The van der Waals surface area contributed by atoms with Gasteiger partial charge in [0.1, 0.15) is 11.8 Å². The third kappa shape index (κ3) is 3.39. The number of carbonyl (C=O) groups is 1. The SMILES string of the molecule is CC(C)NC(=O)C1COCCN1C(CN)c1ccco1. The summed E-state index contributed by atoms with van der Waals surface area (Å²) in [4.78, 5) is 14.4. The Balaban J connectivity index is 2.15. The lowest BCUT2D eigenvalue weighted by Crippen LogP contribution is -2.56. The van der Waals surface area contributed by atoms with Crippen LogP contribution in [-0.2, 0) is 9.53 Å². The first kappa shape index (κ1) is 15.0. The van der Waals surface area contributed by atoms with Gasteiger partial charge in [0, 0.05) is 19.1 Å². The number of amides is 1. The molecule has 0 radical (unpaired) electrons. The van der Waals surface area contributed by atoms with E-state index in [1.807, 2.05) is 26.0 Å². The second kappa shape index (κ2) is 6.88. The fourth-order valence-electron chi connectivity index (χ4n) is 2.49. The summed E-state index contributed by atoms with van der Waals surface area (Å²) in [6.45, 7) is 5.94. The Labute approximate surface area is 119 Å². The summed E-state index contributed by atoms with van der Waals surface area (Å²) in [5.41, 5.74) is 5.88. The number of nitrogens with one attached hydrogen (secondary N) is 1. The first-order valence-corrected chi connectivity index (χ1v) is 7.00. The molecular formula is C14H23N3O3. The number of furan rings is 1. The Morgan fingerprint density at radius 2 is 2.40 bits per heavy atom. The molecular weight excluding hydrogens is 258 g/mol. The Bertz CT molecular complexity index is 419. The minimum atomic E-state index is -0.329. The number of nitrogens with zero attached hydrogens (tertiary/aromatic N) is 1. The van der Waals surface area contributed by atoms with Crippen molar-refractivity contribution < 1.29 is 13.9 Å². The van der Waals surface area contributed by atoms with Gasteiger partial charge >= 0.3 is 0 Å². The molecule has 2 rings (SSSR count). The highest BCUT2D eigenvalue weighted by Gasteiger charge is 2.35. The Morgan fingerprint density at radius 1 is 1.60 bits per heavy atom. The molecule has 0 bridgehead atoms. The molecule has 6 nitrogen and oxygen atoms in total. The topological polar surface area (TPSA) is 80.7 Å². The van der Waals surface area contributed by atoms with Crippen LogP contribution in [0, 0.1) is 0 Å². The maximum Gasteiger partial charge on any atom is 0.239 e. The van der Waals surface area contributed by atoms with Crippen molar-refractivity contribution in [3.05, 3.63) is 24.2 Å². The summed E-state index contributed by atoms with van der Waals surface area (Å²) < 4.78 is 10.9. The highest BCUT2D eigenvalue weighted by molar-refractivity contribution is 5.82. The molecule has 20 heavy (non-hydrogen) atoms. The van der Waals surface area contributed by atoms with Gasteiger partial charge in [-0.05, 0) is 26.0 Å². The van der Waals surface area contributed by atoms with Gasteiger partial charge in [0.15, 0.2) is 0 Å². The monoisotopic (exact) mass is 281 g/mol. The van der Waals surface area contributed by atoms with Crippen molar-refractivity contribution in [2.75, 3.05) is 26.3 Å². The first-order chi connectivity index (χ1) is 9.63. The third-order valence-electron chi connectivity index (χ3n) is 3.40. The number of hydrogen-bond acceptors (Lipinski definition) is 5. The third-order valence-corrected chi connectivity index (χ3v) is 3.40. The molecule has 0 aliphatic carbocycles. The van der Waals surface area contributed by atoms with Gasteiger partial charge in [-0.3, -0.25) is 9.69 Å². The lowest BCUT2D eigenvalue weighted by molar-refractivity contribution is -0.135. The van der Waals surface area contributed by atoms with E-state index in [2.05, 4.69) is 10.2 Å². The molecule has 1 aliphatic rings. The van der Waals surface area contributed by atoms with Crippen LogP contribution < -0.4 is 11.1 Å². The van der Waals surface area contributed by atoms with E-state index in [1.54, 1.807) is 6.26 Å². The van der Waals surface area contributed by atoms with Crippen molar-refractivity contribution in [2.24, 2.45) is 5.73 Å². The van der Waals surface area contributed by atoms with Crippen LogP contribution in [0.3, 0.4) is 0 Å². The van der Waals surface area contributed by atoms with Crippen LogP contribution in [0.1, 0.15) is 25.6 Å². The van der Waals surface area contributed by atoms with Gasteiger partial charge in [0.05, 0.1) is 25.5 Å². The van der Waals surface area contributed by atoms with E-state index in [9.17, 15) is 4.79 Å². The predicted octanol–water partition coefficient (Wildman–Crippen LogP) is 0.505. The number of nitrogens with two attached hydrogens (primary N) is 1.